The van der Waals surface area contributed by atoms with E-state index in [1.165, 1.54) is 0 Å². The SMILES string of the molecule is OCc1ccc(CNCc2c(O)cccc2Cl)cc1. The Morgan fingerprint density at radius 3 is 2.26 bits per heavy atom. The highest BCUT2D eigenvalue weighted by Crippen LogP contribution is 2.24. The minimum absolute atomic E-state index is 0.0568. The molecule has 2 rings (SSSR count). The second-order valence-electron chi connectivity index (χ2n) is 4.32. The van der Waals surface area contributed by atoms with Gasteiger partial charge < -0.3 is 15.5 Å². The number of benzene rings is 2. The summed E-state index contributed by atoms with van der Waals surface area (Å²) in [4.78, 5) is 0. The van der Waals surface area contributed by atoms with E-state index in [2.05, 4.69) is 5.32 Å². The fourth-order valence-corrected chi connectivity index (χ4v) is 2.05. The van der Waals surface area contributed by atoms with Gasteiger partial charge in [0.1, 0.15) is 5.75 Å². The summed E-state index contributed by atoms with van der Waals surface area (Å²) in [6.45, 7) is 1.24. The molecule has 0 heterocycles. The maximum Gasteiger partial charge on any atom is 0.121 e. The van der Waals surface area contributed by atoms with E-state index < -0.39 is 0 Å². The molecule has 3 nitrogen and oxygen atoms in total. The van der Waals surface area contributed by atoms with Crippen LogP contribution in [0, 0.1) is 0 Å². The van der Waals surface area contributed by atoms with E-state index in [1.807, 2.05) is 24.3 Å². The monoisotopic (exact) mass is 277 g/mol. The van der Waals surface area contributed by atoms with Gasteiger partial charge in [0.2, 0.25) is 0 Å². The highest BCUT2D eigenvalue weighted by atomic mass is 35.5. The van der Waals surface area contributed by atoms with Crippen LogP contribution in [0.3, 0.4) is 0 Å². The van der Waals surface area contributed by atoms with Crippen molar-refractivity contribution in [3.8, 4) is 5.75 Å². The van der Waals surface area contributed by atoms with Crippen molar-refractivity contribution in [2.24, 2.45) is 0 Å². The molecule has 0 aromatic heterocycles. The Kier molecular flexibility index (Phi) is 4.80. The average molecular weight is 278 g/mol. The molecule has 0 fully saturated rings. The summed E-state index contributed by atoms with van der Waals surface area (Å²) in [5.41, 5.74) is 2.72. The Hall–Kier alpha value is -1.55. The van der Waals surface area contributed by atoms with Crippen LogP contribution < -0.4 is 5.32 Å². The van der Waals surface area contributed by atoms with E-state index in [1.54, 1.807) is 18.2 Å². The normalized spacial score (nSPS) is 10.6. The number of aliphatic hydroxyl groups is 1. The van der Waals surface area contributed by atoms with Gasteiger partial charge in [0.05, 0.1) is 6.61 Å². The molecule has 0 saturated heterocycles. The molecule has 3 N–H and O–H groups in total. The molecule has 0 atom stereocenters. The first-order valence-corrected chi connectivity index (χ1v) is 6.44. The molecule has 0 aliphatic heterocycles. The minimum Gasteiger partial charge on any atom is -0.508 e. The van der Waals surface area contributed by atoms with Crippen LogP contribution in [-0.2, 0) is 19.7 Å². The Morgan fingerprint density at radius 1 is 0.947 bits per heavy atom. The van der Waals surface area contributed by atoms with E-state index in [4.69, 9.17) is 16.7 Å². The number of phenols is 1. The van der Waals surface area contributed by atoms with Crippen molar-refractivity contribution < 1.29 is 10.2 Å². The van der Waals surface area contributed by atoms with Crippen molar-refractivity contribution in [2.45, 2.75) is 19.7 Å². The first-order valence-electron chi connectivity index (χ1n) is 6.06. The Bertz CT molecular complexity index is 520. The Balaban J connectivity index is 1.92. The molecule has 0 aliphatic carbocycles. The van der Waals surface area contributed by atoms with Gasteiger partial charge in [-0.15, -0.1) is 0 Å². The number of hydrogen-bond donors (Lipinski definition) is 3. The maximum absolute atomic E-state index is 9.70. The fraction of sp³-hybridized carbons (Fsp3) is 0.200. The second kappa shape index (κ2) is 6.57. The lowest BCUT2D eigenvalue weighted by molar-refractivity contribution is 0.282. The molecule has 100 valence electrons. The summed E-state index contributed by atoms with van der Waals surface area (Å²) in [7, 11) is 0. The first kappa shape index (κ1) is 13.9. The number of rotatable bonds is 5. The number of hydrogen-bond acceptors (Lipinski definition) is 3. The molecular formula is C15H16ClNO2. The van der Waals surface area contributed by atoms with E-state index in [0.29, 0.717) is 23.7 Å². The molecule has 19 heavy (non-hydrogen) atoms. The van der Waals surface area contributed by atoms with Crippen LogP contribution in [0.25, 0.3) is 0 Å². The maximum atomic E-state index is 9.70. The van der Waals surface area contributed by atoms with Gasteiger partial charge in [0.25, 0.3) is 0 Å². The topological polar surface area (TPSA) is 52.5 Å². The average Bonchev–Trinajstić information content (AvgIpc) is 2.43. The Labute approximate surface area is 117 Å². The van der Waals surface area contributed by atoms with Gasteiger partial charge in [-0.1, -0.05) is 41.9 Å². The smallest absolute Gasteiger partial charge is 0.121 e. The molecule has 4 heteroatoms. The summed E-state index contributed by atoms with van der Waals surface area (Å²) in [6, 6.07) is 12.8. The van der Waals surface area contributed by atoms with E-state index in [-0.39, 0.29) is 12.4 Å². The van der Waals surface area contributed by atoms with E-state index >= 15 is 0 Å². The summed E-state index contributed by atoms with van der Waals surface area (Å²) in [6.07, 6.45) is 0. The molecule has 0 aliphatic rings. The molecule has 0 bridgehead atoms. The van der Waals surface area contributed by atoms with Crippen LogP contribution >= 0.6 is 11.6 Å². The van der Waals surface area contributed by atoms with Crippen LogP contribution in [0.15, 0.2) is 42.5 Å². The number of nitrogens with one attached hydrogen (secondary N) is 1. The first-order chi connectivity index (χ1) is 9.20. The lowest BCUT2D eigenvalue weighted by Gasteiger charge is -2.09. The van der Waals surface area contributed by atoms with Gasteiger partial charge in [-0.3, -0.25) is 0 Å². The predicted molar refractivity (Wildman–Crippen MR) is 76.0 cm³/mol. The third kappa shape index (κ3) is 3.70. The van der Waals surface area contributed by atoms with Crippen molar-refractivity contribution in [3.05, 3.63) is 64.2 Å². The zero-order valence-electron chi connectivity index (χ0n) is 10.4. The van der Waals surface area contributed by atoms with Crippen LogP contribution in [0.4, 0.5) is 0 Å². The van der Waals surface area contributed by atoms with Crippen molar-refractivity contribution in [3.63, 3.8) is 0 Å². The lowest BCUT2D eigenvalue weighted by Crippen LogP contribution is -2.13. The largest absolute Gasteiger partial charge is 0.508 e. The van der Waals surface area contributed by atoms with Crippen molar-refractivity contribution in [1.29, 1.82) is 0 Å². The molecule has 2 aromatic rings. The predicted octanol–water partition coefficient (Wildman–Crippen LogP) is 2.83. The van der Waals surface area contributed by atoms with Gasteiger partial charge in [-0.05, 0) is 23.3 Å². The van der Waals surface area contributed by atoms with Crippen molar-refractivity contribution in [1.82, 2.24) is 5.32 Å². The minimum atomic E-state index is 0.0568. The molecule has 0 unspecified atom stereocenters. The van der Waals surface area contributed by atoms with Crippen LogP contribution in [0.1, 0.15) is 16.7 Å². The summed E-state index contributed by atoms with van der Waals surface area (Å²) < 4.78 is 0. The lowest BCUT2D eigenvalue weighted by atomic mass is 10.1. The molecule has 0 radical (unpaired) electrons. The van der Waals surface area contributed by atoms with Gasteiger partial charge >= 0.3 is 0 Å². The third-order valence-electron chi connectivity index (χ3n) is 2.93. The summed E-state index contributed by atoms with van der Waals surface area (Å²) in [5.74, 6) is 0.204. The molecule has 0 saturated carbocycles. The van der Waals surface area contributed by atoms with Gasteiger partial charge in [-0.2, -0.15) is 0 Å². The zero-order valence-corrected chi connectivity index (χ0v) is 11.2. The number of aromatic hydroxyl groups is 1. The van der Waals surface area contributed by atoms with Crippen LogP contribution in [-0.4, -0.2) is 10.2 Å². The van der Waals surface area contributed by atoms with Crippen molar-refractivity contribution >= 4 is 11.6 Å². The van der Waals surface area contributed by atoms with E-state index in [0.717, 1.165) is 11.1 Å². The second-order valence-corrected chi connectivity index (χ2v) is 4.72. The van der Waals surface area contributed by atoms with Gasteiger partial charge in [0, 0.05) is 23.7 Å². The van der Waals surface area contributed by atoms with Crippen LogP contribution in [0.5, 0.6) is 5.75 Å². The van der Waals surface area contributed by atoms with Gasteiger partial charge in [0.15, 0.2) is 0 Å². The van der Waals surface area contributed by atoms with E-state index in [9.17, 15) is 5.11 Å². The zero-order chi connectivity index (χ0) is 13.7. The molecule has 0 amide bonds. The third-order valence-corrected chi connectivity index (χ3v) is 3.28. The fourth-order valence-electron chi connectivity index (χ4n) is 1.82. The summed E-state index contributed by atoms with van der Waals surface area (Å²) in [5, 5.41) is 22.4. The van der Waals surface area contributed by atoms with Crippen LogP contribution in [0.2, 0.25) is 5.02 Å². The Morgan fingerprint density at radius 2 is 1.63 bits per heavy atom. The molecule has 0 spiro atoms. The molecular weight excluding hydrogens is 262 g/mol. The highest BCUT2D eigenvalue weighted by Gasteiger charge is 2.05. The standard InChI is InChI=1S/C15H16ClNO2/c16-14-2-1-3-15(19)13(14)9-17-8-11-4-6-12(10-18)7-5-11/h1-7,17-19H,8-10H2. The highest BCUT2D eigenvalue weighted by molar-refractivity contribution is 6.31. The van der Waals surface area contributed by atoms with Gasteiger partial charge in [-0.25, -0.2) is 0 Å². The summed E-state index contributed by atoms with van der Waals surface area (Å²) >= 11 is 6.02. The van der Waals surface area contributed by atoms with Crippen molar-refractivity contribution in [2.75, 3.05) is 0 Å². The number of halogens is 1. The molecule has 2 aromatic carbocycles. The number of phenolic OH excluding ortho intramolecular Hbond substituents is 1. The quantitative estimate of drug-likeness (QED) is 0.788. The number of aliphatic hydroxyl groups excluding tert-OH is 1.